The van der Waals surface area contributed by atoms with Crippen LogP contribution in [0.15, 0.2) is 22.9 Å². The van der Waals surface area contributed by atoms with E-state index in [1.807, 2.05) is 37.9 Å². The van der Waals surface area contributed by atoms with Crippen LogP contribution in [0, 0.1) is 0 Å². The van der Waals surface area contributed by atoms with Crippen molar-refractivity contribution in [3.8, 4) is 0 Å². The number of rotatable bonds is 2. The molecule has 0 aliphatic carbocycles. The van der Waals surface area contributed by atoms with Crippen molar-refractivity contribution in [2.45, 2.75) is 39.3 Å². The van der Waals surface area contributed by atoms with Gasteiger partial charge in [0.05, 0.1) is 10.9 Å². The Morgan fingerprint density at radius 1 is 1.42 bits per heavy atom. The monoisotopic (exact) mass is 552 g/mol. The molecule has 3 rings (SSSR count). The predicted molar refractivity (Wildman–Crippen MR) is 119 cm³/mol. The van der Waals surface area contributed by atoms with Crippen LogP contribution in [0.1, 0.15) is 27.7 Å². The molecule has 0 aromatic carbocycles. The first-order chi connectivity index (χ1) is 12.2. The number of carbonyl (C=O) groups excluding carboxylic acids is 1. The van der Waals surface area contributed by atoms with E-state index in [1.165, 1.54) is 0 Å². The van der Waals surface area contributed by atoms with E-state index in [2.05, 4.69) is 64.1 Å². The fourth-order valence-corrected chi connectivity index (χ4v) is 5.20. The first-order valence-corrected chi connectivity index (χ1v) is 12.5. The number of hydrogen-bond acceptors (Lipinski definition) is 5. The molecule has 1 fully saturated rings. The Morgan fingerprint density at radius 3 is 2.77 bits per heavy atom. The maximum atomic E-state index is 12.4. The number of aromatic nitrogens is 2. The van der Waals surface area contributed by atoms with Crippen molar-refractivity contribution in [3.05, 3.63) is 22.9 Å². The Bertz CT molecular complexity index is 823. The van der Waals surface area contributed by atoms with Crippen LogP contribution in [0.25, 0.3) is 10.9 Å². The van der Waals surface area contributed by atoms with Crippen LogP contribution in [0.2, 0.25) is 0 Å². The number of fused-ring (bicyclic) bond motifs is 1. The fraction of sp³-hybridized carbons (Fsp3) is 0.529. The minimum absolute atomic E-state index is 0.0514. The van der Waals surface area contributed by atoms with Gasteiger partial charge in [0, 0.05) is 72.9 Å². The molecule has 142 valence electrons. The van der Waals surface area contributed by atoms with Gasteiger partial charge in [-0.2, -0.15) is 0 Å². The zero-order valence-electron chi connectivity index (χ0n) is 15.2. The second-order valence-electron chi connectivity index (χ2n) is 7.37. The highest BCUT2D eigenvalue weighted by molar-refractivity contribution is 14.2. The number of nitrogens with zero attached hydrogens (tertiary/aromatic N) is 4. The van der Waals surface area contributed by atoms with Crippen molar-refractivity contribution < 1.29 is 9.53 Å². The van der Waals surface area contributed by atoms with Gasteiger partial charge in [-0.1, -0.05) is 0 Å². The number of carbonyl (C=O) groups is 1. The highest BCUT2D eigenvalue weighted by atomic mass is 127. The van der Waals surface area contributed by atoms with E-state index < -0.39 is 5.60 Å². The Labute approximate surface area is 178 Å². The van der Waals surface area contributed by atoms with E-state index in [1.54, 1.807) is 9.12 Å². The molecule has 26 heavy (non-hydrogen) atoms. The molecule has 0 spiro atoms. The molecule has 1 amide bonds. The van der Waals surface area contributed by atoms with Crippen molar-refractivity contribution >= 4 is 69.1 Å². The Kier molecular flexibility index (Phi) is 5.98. The first-order valence-electron chi connectivity index (χ1n) is 8.40. The molecular formula is C17H22BrIN4O2S. The molecule has 1 aliphatic heterocycles. The third-order valence-corrected chi connectivity index (χ3v) is 6.57. The topological polar surface area (TPSA) is 50.6 Å². The van der Waals surface area contributed by atoms with Gasteiger partial charge in [0.25, 0.3) is 0 Å². The molecule has 9 heteroatoms. The fourth-order valence-electron chi connectivity index (χ4n) is 3.13. The smallest absolute Gasteiger partial charge is 0.410 e. The lowest BCUT2D eigenvalue weighted by molar-refractivity contribution is 0.0159. The molecule has 0 saturated carbocycles. The maximum Gasteiger partial charge on any atom is 0.410 e. The van der Waals surface area contributed by atoms with Crippen LogP contribution in [0.5, 0.6) is 0 Å². The standard InChI is InChI=1S/C17H22BrIN4O2S/c1-11-9-21(7-8-22(11)16(24)25-17(2,3)4)15-14-12(18)10-23(26-19)13(14)5-6-20-15/h5-6,10-11H,7-9H2,1-4H3. The summed E-state index contributed by atoms with van der Waals surface area (Å²) >= 11 is 5.94. The van der Waals surface area contributed by atoms with Gasteiger partial charge in [-0.05, 0) is 49.7 Å². The quantitative estimate of drug-likeness (QED) is 0.486. The van der Waals surface area contributed by atoms with Crippen LogP contribution in [0.3, 0.4) is 0 Å². The number of pyridine rings is 1. The average Bonchev–Trinajstić information content (AvgIpc) is 2.89. The molecule has 0 bridgehead atoms. The maximum absolute atomic E-state index is 12.4. The highest BCUT2D eigenvalue weighted by Gasteiger charge is 2.32. The molecule has 0 N–H and O–H groups in total. The van der Waals surface area contributed by atoms with Gasteiger partial charge in [-0.3, -0.25) is 3.97 Å². The SMILES string of the molecule is CC1CN(c2nccc3c2c(Br)cn3SI)CCN1C(=O)OC(C)(C)C. The van der Waals surface area contributed by atoms with Crippen molar-refractivity contribution in [2.75, 3.05) is 24.5 Å². The lowest BCUT2D eigenvalue weighted by Crippen LogP contribution is -2.55. The molecule has 6 nitrogen and oxygen atoms in total. The zero-order chi connectivity index (χ0) is 19.1. The van der Waals surface area contributed by atoms with Gasteiger partial charge < -0.3 is 14.5 Å². The number of hydrogen-bond donors (Lipinski definition) is 0. The molecule has 1 atom stereocenters. The largest absolute Gasteiger partial charge is 0.444 e. The highest BCUT2D eigenvalue weighted by Crippen LogP contribution is 2.37. The molecule has 3 heterocycles. The summed E-state index contributed by atoms with van der Waals surface area (Å²) in [5.74, 6) is 0.953. The summed E-state index contributed by atoms with van der Waals surface area (Å²) in [6, 6.07) is 2.07. The van der Waals surface area contributed by atoms with Crippen molar-refractivity contribution in [3.63, 3.8) is 0 Å². The Morgan fingerprint density at radius 2 is 2.15 bits per heavy atom. The number of amides is 1. The van der Waals surface area contributed by atoms with E-state index in [-0.39, 0.29) is 12.1 Å². The summed E-state index contributed by atoms with van der Waals surface area (Å²) in [6.07, 6.45) is 3.66. The van der Waals surface area contributed by atoms with Gasteiger partial charge in [-0.15, -0.1) is 0 Å². The van der Waals surface area contributed by atoms with Gasteiger partial charge in [-0.25, -0.2) is 9.78 Å². The summed E-state index contributed by atoms with van der Waals surface area (Å²) in [5, 5.41) is 1.11. The van der Waals surface area contributed by atoms with Gasteiger partial charge in [0.15, 0.2) is 0 Å². The average molecular weight is 553 g/mol. The van der Waals surface area contributed by atoms with Crippen molar-refractivity contribution in [1.29, 1.82) is 0 Å². The number of anilines is 1. The normalized spacial score (nSPS) is 18.5. The van der Waals surface area contributed by atoms with Crippen LogP contribution in [-0.2, 0) is 4.74 Å². The Balaban J connectivity index is 1.83. The van der Waals surface area contributed by atoms with Crippen molar-refractivity contribution in [1.82, 2.24) is 13.9 Å². The third-order valence-electron chi connectivity index (χ3n) is 4.25. The molecular weight excluding hydrogens is 531 g/mol. The summed E-state index contributed by atoms with van der Waals surface area (Å²) < 4.78 is 8.68. The predicted octanol–water partition coefficient (Wildman–Crippen LogP) is 5.09. The van der Waals surface area contributed by atoms with Crippen LogP contribution in [-0.4, -0.2) is 51.2 Å². The third kappa shape index (κ3) is 4.09. The minimum atomic E-state index is -0.480. The van der Waals surface area contributed by atoms with E-state index in [0.29, 0.717) is 6.54 Å². The van der Waals surface area contributed by atoms with Crippen LogP contribution >= 0.6 is 46.3 Å². The molecule has 1 unspecified atom stereocenters. The second kappa shape index (κ2) is 7.75. The summed E-state index contributed by atoms with van der Waals surface area (Å²) in [6.45, 7) is 9.80. The van der Waals surface area contributed by atoms with E-state index in [0.717, 1.165) is 34.3 Å². The lowest BCUT2D eigenvalue weighted by atomic mass is 10.1. The van der Waals surface area contributed by atoms with Crippen LogP contribution < -0.4 is 4.90 Å². The minimum Gasteiger partial charge on any atom is -0.444 e. The number of piperazine rings is 1. The second-order valence-corrected chi connectivity index (χ2v) is 9.94. The van der Waals surface area contributed by atoms with E-state index in [4.69, 9.17) is 4.74 Å². The zero-order valence-corrected chi connectivity index (χ0v) is 19.8. The molecule has 1 aliphatic rings. The molecule has 1 saturated heterocycles. The molecule has 2 aromatic rings. The Hall–Kier alpha value is -0.680. The van der Waals surface area contributed by atoms with Gasteiger partial charge in [0.1, 0.15) is 11.4 Å². The van der Waals surface area contributed by atoms with E-state index in [9.17, 15) is 4.79 Å². The molecule has 0 radical (unpaired) electrons. The van der Waals surface area contributed by atoms with Gasteiger partial charge in [0.2, 0.25) is 0 Å². The van der Waals surface area contributed by atoms with Crippen molar-refractivity contribution in [2.24, 2.45) is 0 Å². The summed E-state index contributed by atoms with van der Waals surface area (Å²) in [5.41, 5.74) is 0.648. The van der Waals surface area contributed by atoms with Crippen LogP contribution in [0.4, 0.5) is 10.6 Å². The van der Waals surface area contributed by atoms with Gasteiger partial charge >= 0.3 is 6.09 Å². The first kappa shape index (κ1) is 20.1. The lowest BCUT2D eigenvalue weighted by Gasteiger charge is -2.40. The summed E-state index contributed by atoms with van der Waals surface area (Å²) in [4.78, 5) is 21.1. The summed E-state index contributed by atoms with van der Waals surface area (Å²) in [7, 11) is 1.63. The molecule has 2 aromatic heterocycles. The number of halogens is 2. The van der Waals surface area contributed by atoms with E-state index >= 15 is 0 Å². The number of ether oxygens (including phenoxy) is 1.